The quantitative estimate of drug-likeness (QED) is 0.879. The zero-order chi connectivity index (χ0) is 17.7. The van der Waals surface area contributed by atoms with Crippen molar-refractivity contribution >= 4 is 22.8 Å². The molecule has 2 aliphatic rings. The lowest BCUT2D eigenvalue weighted by Crippen LogP contribution is -2.41. The Hall–Kier alpha value is -2.34. The maximum absolute atomic E-state index is 12.9. The summed E-state index contributed by atoms with van der Waals surface area (Å²) in [7, 11) is 0. The highest BCUT2D eigenvalue weighted by atomic mass is 16.5. The van der Waals surface area contributed by atoms with Crippen LogP contribution in [0.4, 0.5) is 0 Å². The van der Waals surface area contributed by atoms with Crippen LogP contribution in [0.15, 0.2) is 18.2 Å². The van der Waals surface area contributed by atoms with Gasteiger partial charge >= 0.3 is 5.97 Å². The van der Waals surface area contributed by atoms with Crippen molar-refractivity contribution in [3.63, 3.8) is 0 Å². The van der Waals surface area contributed by atoms with Crippen molar-refractivity contribution in [2.75, 3.05) is 6.54 Å². The molecular formula is C19H22N2O4. The van der Waals surface area contributed by atoms with Gasteiger partial charge in [0.25, 0.3) is 0 Å². The summed E-state index contributed by atoms with van der Waals surface area (Å²) in [5.41, 5.74) is 3.34. The van der Waals surface area contributed by atoms with Gasteiger partial charge in [0.15, 0.2) is 0 Å². The van der Waals surface area contributed by atoms with Crippen molar-refractivity contribution in [3.05, 3.63) is 35.0 Å². The molecular weight excluding hydrogens is 320 g/mol. The number of amides is 1. The number of carbonyl (C=O) groups is 2. The number of fused-ring (bicyclic) bond motifs is 3. The molecule has 0 aliphatic carbocycles. The van der Waals surface area contributed by atoms with Crippen molar-refractivity contribution in [2.24, 2.45) is 5.92 Å². The number of rotatable bonds is 2. The number of H-pyrrole nitrogens is 1. The Morgan fingerprint density at radius 3 is 2.80 bits per heavy atom. The van der Waals surface area contributed by atoms with Crippen molar-refractivity contribution in [1.29, 1.82) is 0 Å². The lowest BCUT2D eigenvalue weighted by molar-refractivity contribution is -0.138. The highest BCUT2D eigenvalue weighted by molar-refractivity contribution is 5.95. The minimum absolute atomic E-state index is 0.0505. The molecule has 1 fully saturated rings. The first-order valence-electron chi connectivity index (χ1n) is 8.75. The Labute approximate surface area is 145 Å². The fourth-order valence-corrected chi connectivity index (χ4v) is 4.14. The predicted octanol–water partition coefficient (Wildman–Crippen LogP) is 2.56. The molecule has 4 rings (SSSR count). The van der Waals surface area contributed by atoms with Crippen LogP contribution in [0.1, 0.15) is 41.9 Å². The molecule has 6 heteroatoms. The number of aromatic carboxylic acids is 1. The first-order valence-corrected chi connectivity index (χ1v) is 8.75. The first kappa shape index (κ1) is 16.1. The highest BCUT2D eigenvalue weighted by Crippen LogP contribution is 2.32. The van der Waals surface area contributed by atoms with E-state index < -0.39 is 5.97 Å². The van der Waals surface area contributed by atoms with E-state index >= 15 is 0 Å². The Morgan fingerprint density at radius 1 is 1.32 bits per heavy atom. The maximum atomic E-state index is 12.9. The number of aromatic nitrogens is 1. The molecule has 1 aromatic carbocycles. The molecule has 132 valence electrons. The molecule has 25 heavy (non-hydrogen) atoms. The standard InChI is InChI=1S/C19H22N2O4/c1-10-7-13(11(2)25-10)18(22)21-6-5-17-15(9-21)14-8-12(19(23)24)3-4-16(14)20-17/h3-4,8,10-11,13,20H,5-7,9H2,1-2H3,(H,23,24). The van der Waals surface area contributed by atoms with Crippen molar-refractivity contribution in [2.45, 2.75) is 45.4 Å². The Balaban J connectivity index is 1.64. The molecule has 0 saturated carbocycles. The molecule has 0 spiro atoms. The number of hydrogen-bond donors (Lipinski definition) is 2. The first-order chi connectivity index (χ1) is 11.9. The van der Waals surface area contributed by atoms with Crippen LogP contribution in [0.3, 0.4) is 0 Å². The Morgan fingerprint density at radius 2 is 2.12 bits per heavy atom. The maximum Gasteiger partial charge on any atom is 0.335 e. The van der Waals surface area contributed by atoms with Gasteiger partial charge in [-0.25, -0.2) is 4.79 Å². The molecule has 6 nitrogen and oxygen atoms in total. The third-order valence-corrected chi connectivity index (χ3v) is 5.45. The summed E-state index contributed by atoms with van der Waals surface area (Å²) in [5.74, 6) is -0.880. The normalized spacial score (nSPS) is 26.0. The molecule has 0 bridgehead atoms. The molecule has 1 saturated heterocycles. The van der Waals surface area contributed by atoms with Gasteiger partial charge < -0.3 is 19.7 Å². The lowest BCUT2D eigenvalue weighted by atomic mass is 9.96. The topological polar surface area (TPSA) is 82.6 Å². The van der Waals surface area contributed by atoms with Gasteiger partial charge in [-0.2, -0.15) is 0 Å². The summed E-state index contributed by atoms with van der Waals surface area (Å²) in [6, 6.07) is 5.11. The summed E-state index contributed by atoms with van der Waals surface area (Å²) in [5, 5.41) is 10.1. The Bertz CT molecular complexity index is 856. The number of carbonyl (C=O) groups excluding carboxylic acids is 1. The summed E-state index contributed by atoms with van der Waals surface area (Å²) >= 11 is 0. The number of nitrogens with zero attached hydrogens (tertiary/aromatic N) is 1. The number of ether oxygens (including phenoxy) is 1. The third-order valence-electron chi connectivity index (χ3n) is 5.45. The zero-order valence-corrected chi connectivity index (χ0v) is 14.4. The van der Waals surface area contributed by atoms with Gasteiger partial charge in [0.05, 0.1) is 23.7 Å². The van der Waals surface area contributed by atoms with Gasteiger partial charge in [-0.3, -0.25) is 4.79 Å². The molecule has 0 radical (unpaired) electrons. The fraction of sp³-hybridized carbons (Fsp3) is 0.474. The molecule has 1 aromatic heterocycles. The monoisotopic (exact) mass is 342 g/mol. The Kier molecular flexibility index (Phi) is 3.80. The van der Waals surface area contributed by atoms with Crippen LogP contribution in [0, 0.1) is 5.92 Å². The van der Waals surface area contributed by atoms with Gasteiger partial charge in [0, 0.05) is 41.7 Å². The minimum Gasteiger partial charge on any atom is -0.478 e. The zero-order valence-electron chi connectivity index (χ0n) is 14.4. The molecule has 1 amide bonds. The van der Waals surface area contributed by atoms with Gasteiger partial charge in [-0.1, -0.05) is 0 Å². The molecule has 3 atom stereocenters. The van der Waals surface area contributed by atoms with Crippen LogP contribution in [-0.4, -0.2) is 45.6 Å². The van der Waals surface area contributed by atoms with Gasteiger partial charge in [0.1, 0.15) is 0 Å². The van der Waals surface area contributed by atoms with Crippen molar-refractivity contribution in [3.8, 4) is 0 Å². The largest absolute Gasteiger partial charge is 0.478 e. The minimum atomic E-state index is -0.938. The molecule has 3 heterocycles. The summed E-state index contributed by atoms with van der Waals surface area (Å²) in [6.45, 7) is 5.17. The smallest absolute Gasteiger partial charge is 0.335 e. The van der Waals surface area contributed by atoms with E-state index in [-0.39, 0.29) is 29.6 Å². The molecule has 2 aliphatic heterocycles. The van der Waals surface area contributed by atoms with Crippen molar-refractivity contribution < 1.29 is 19.4 Å². The van der Waals surface area contributed by atoms with Crippen LogP contribution in [-0.2, 0) is 22.5 Å². The lowest BCUT2D eigenvalue weighted by Gasteiger charge is -2.30. The van der Waals surface area contributed by atoms with E-state index in [4.69, 9.17) is 4.74 Å². The summed E-state index contributed by atoms with van der Waals surface area (Å²) in [6.07, 6.45) is 1.59. The number of nitrogens with one attached hydrogen (secondary N) is 1. The van der Waals surface area contributed by atoms with Crippen LogP contribution in [0.5, 0.6) is 0 Å². The van der Waals surface area contributed by atoms with E-state index in [1.54, 1.807) is 18.2 Å². The van der Waals surface area contributed by atoms with Gasteiger partial charge in [0.2, 0.25) is 5.91 Å². The van der Waals surface area contributed by atoms with E-state index in [0.29, 0.717) is 13.1 Å². The van der Waals surface area contributed by atoms with Crippen LogP contribution in [0.2, 0.25) is 0 Å². The predicted molar refractivity (Wildman–Crippen MR) is 92.5 cm³/mol. The second kappa shape index (κ2) is 5.88. The molecule has 2 N–H and O–H groups in total. The summed E-state index contributed by atoms with van der Waals surface area (Å²) in [4.78, 5) is 29.5. The van der Waals surface area contributed by atoms with E-state index in [2.05, 4.69) is 4.98 Å². The van der Waals surface area contributed by atoms with Crippen LogP contribution in [0.25, 0.3) is 10.9 Å². The molecule has 2 aromatic rings. The number of aromatic amines is 1. The average molecular weight is 342 g/mol. The van der Waals surface area contributed by atoms with Crippen LogP contribution >= 0.6 is 0 Å². The number of benzene rings is 1. The van der Waals surface area contributed by atoms with Gasteiger partial charge in [-0.05, 0) is 38.5 Å². The van der Waals surface area contributed by atoms with E-state index in [1.165, 1.54) is 0 Å². The van der Waals surface area contributed by atoms with Crippen molar-refractivity contribution in [1.82, 2.24) is 9.88 Å². The van der Waals surface area contributed by atoms with Gasteiger partial charge in [-0.15, -0.1) is 0 Å². The summed E-state index contributed by atoms with van der Waals surface area (Å²) < 4.78 is 5.73. The second-order valence-electron chi connectivity index (χ2n) is 7.15. The number of carboxylic acid groups (broad SMARTS) is 1. The number of hydrogen-bond acceptors (Lipinski definition) is 3. The number of carboxylic acids is 1. The fourth-order valence-electron chi connectivity index (χ4n) is 4.14. The molecule has 3 unspecified atom stereocenters. The van der Waals surface area contributed by atoms with E-state index in [0.717, 1.165) is 35.0 Å². The van der Waals surface area contributed by atoms with Crippen LogP contribution < -0.4 is 0 Å². The third kappa shape index (κ3) is 2.70. The highest BCUT2D eigenvalue weighted by Gasteiger charge is 2.38. The second-order valence-corrected chi connectivity index (χ2v) is 7.15. The van der Waals surface area contributed by atoms with E-state index in [1.807, 2.05) is 18.7 Å². The SMILES string of the molecule is CC1CC(C(=O)N2CCc3[nH]c4ccc(C(=O)O)cc4c3C2)C(C)O1. The van der Waals surface area contributed by atoms with E-state index in [9.17, 15) is 14.7 Å². The average Bonchev–Trinajstić information content (AvgIpc) is 3.12.